The number of carbonyl (C=O) groups excluding carboxylic acids is 1. The van der Waals surface area contributed by atoms with Gasteiger partial charge in [-0.15, -0.1) is 0 Å². The number of piperidine rings is 1. The summed E-state index contributed by atoms with van der Waals surface area (Å²) in [6.45, 7) is 0.692. The Balaban J connectivity index is 1.81. The Kier molecular flexibility index (Phi) is 3.60. The maximum atomic E-state index is 11.8. The molecule has 3 heterocycles. The van der Waals surface area contributed by atoms with Gasteiger partial charge in [0.05, 0.1) is 23.3 Å². The zero-order chi connectivity index (χ0) is 16.5. The normalized spacial score (nSPS) is 18.0. The highest BCUT2D eigenvalue weighted by Gasteiger charge is 2.28. The molecule has 1 saturated heterocycles. The van der Waals surface area contributed by atoms with Crippen molar-refractivity contribution in [3.63, 3.8) is 0 Å². The first-order chi connectivity index (χ1) is 11.7. The van der Waals surface area contributed by atoms with Crippen molar-refractivity contribution in [1.82, 2.24) is 24.8 Å². The van der Waals surface area contributed by atoms with Crippen LogP contribution >= 0.6 is 0 Å². The van der Waals surface area contributed by atoms with Gasteiger partial charge < -0.3 is 15.6 Å². The maximum Gasteiger partial charge on any atom is 0.315 e. The number of fused-ring (bicyclic) bond motifs is 1. The molecule has 1 fully saturated rings. The van der Waals surface area contributed by atoms with Crippen LogP contribution in [0.1, 0.15) is 30.9 Å². The smallest absolute Gasteiger partial charge is 0.315 e. The SMILES string of the molecule is NC(=O)N1CCCCC1c1cccc2[nH]c(-c3cnccn3)nc12. The number of benzene rings is 1. The van der Waals surface area contributed by atoms with Crippen LogP contribution in [0.4, 0.5) is 4.79 Å². The van der Waals surface area contributed by atoms with Gasteiger partial charge in [-0.05, 0) is 25.3 Å². The van der Waals surface area contributed by atoms with Crippen LogP contribution in [0.5, 0.6) is 0 Å². The molecule has 3 aromatic rings. The highest BCUT2D eigenvalue weighted by atomic mass is 16.2. The summed E-state index contributed by atoms with van der Waals surface area (Å²) >= 11 is 0. The zero-order valence-electron chi connectivity index (χ0n) is 13.1. The van der Waals surface area contributed by atoms with Crippen molar-refractivity contribution in [2.24, 2.45) is 5.73 Å². The number of hydrogen-bond acceptors (Lipinski definition) is 4. The third-order valence-corrected chi connectivity index (χ3v) is 4.49. The number of aromatic amines is 1. The second kappa shape index (κ2) is 5.92. The fourth-order valence-corrected chi connectivity index (χ4v) is 3.38. The van der Waals surface area contributed by atoms with E-state index in [1.54, 1.807) is 23.5 Å². The molecule has 1 aliphatic heterocycles. The summed E-state index contributed by atoms with van der Waals surface area (Å²) in [5.74, 6) is 0.673. The molecule has 7 nitrogen and oxygen atoms in total. The van der Waals surface area contributed by atoms with Gasteiger partial charge in [-0.1, -0.05) is 12.1 Å². The lowest BCUT2D eigenvalue weighted by Crippen LogP contribution is -2.41. The summed E-state index contributed by atoms with van der Waals surface area (Å²) < 4.78 is 0. The van der Waals surface area contributed by atoms with Gasteiger partial charge >= 0.3 is 6.03 Å². The first kappa shape index (κ1) is 14.6. The number of rotatable bonds is 2. The number of para-hydroxylation sites is 1. The van der Waals surface area contributed by atoms with E-state index in [-0.39, 0.29) is 12.1 Å². The molecule has 2 amide bonds. The molecule has 0 radical (unpaired) electrons. The van der Waals surface area contributed by atoms with Crippen molar-refractivity contribution in [2.45, 2.75) is 25.3 Å². The lowest BCUT2D eigenvalue weighted by atomic mass is 9.94. The molecule has 4 rings (SSSR count). The van der Waals surface area contributed by atoms with Crippen LogP contribution < -0.4 is 5.73 Å². The number of likely N-dealkylation sites (tertiary alicyclic amines) is 1. The van der Waals surface area contributed by atoms with Crippen LogP contribution in [-0.4, -0.2) is 37.4 Å². The van der Waals surface area contributed by atoms with E-state index in [1.165, 1.54) is 0 Å². The molecule has 0 bridgehead atoms. The van der Waals surface area contributed by atoms with E-state index >= 15 is 0 Å². The molecular weight excluding hydrogens is 304 g/mol. The minimum absolute atomic E-state index is 0.0297. The van der Waals surface area contributed by atoms with Crippen LogP contribution in [-0.2, 0) is 0 Å². The molecule has 0 spiro atoms. The lowest BCUT2D eigenvalue weighted by molar-refractivity contribution is 0.160. The summed E-state index contributed by atoms with van der Waals surface area (Å²) in [6, 6.07) is 5.57. The zero-order valence-corrected chi connectivity index (χ0v) is 13.1. The summed E-state index contributed by atoms with van der Waals surface area (Å²) in [6.07, 6.45) is 7.90. The number of nitrogens with two attached hydrogens (primary N) is 1. The highest BCUT2D eigenvalue weighted by Crippen LogP contribution is 2.34. The number of nitrogens with one attached hydrogen (secondary N) is 1. The van der Waals surface area contributed by atoms with Crippen molar-refractivity contribution in [3.05, 3.63) is 42.4 Å². The molecule has 0 saturated carbocycles. The molecule has 1 aromatic carbocycles. The van der Waals surface area contributed by atoms with E-state index < -0.39 is 0 Å². The van der Waals surface area contributed by atoms with Crippen LogP contribution in [0, 0.1) is 0 Å². The predicted molar refractivity (Wildman–Crippen MR) is 90.0 cm³/mol. The molecule has 122 valence electrons. The Bertz CT molecular complexity index is 875. The number of carbonyl (C=O) groups is 1. The molecule has 2 aromatic heterocycles. The van der Waals surface area contributed by atoms with Crippen LogP contribution in [0.15, 0.2) is 36.8 Å². The van der Waals surface area contributed by atoms with Gasteiger partial charge in [-0.2, -0.15) is 0 Å². The third-order valence-electron chi connectivity index (χ3n) is 4.49. The Labute approximate surface area is 138 Å². The van der Waals surface area contributed by atoms with Crippen molar-refractivity contribution < 1.29 is 4.79 Å². The Morgan fingerprint density at radius 2 is 2.21 bits per heavy atom. The number of nitrogens with zero attached hydrogens (tertiary/aromatic N) is 4. The van der Waals surface area contributed by atoms with E-state index in [1.807, 2.05) is 18.2 Å². The number of imidazole rings is 1. The third kappa shape index (κ3) is 2.47. The first-order valence-corrected chi connectivity index (χ1v) is 8.05. The summed E-state index contributed by atoms with van der Waals surface area (Å²) in [7, 11) is 0. The molecule has 0 aliphatic carbocycles. The quantitative estimate of drug-likeness (QED) is 0.757. The minimum Gasteiger partial charge on any atom is -0.351 e. The number of urea groups is 1. The van der Waals surface area contributed by atoms with Gasteiger partial charge in [-0.3, -0.25) is 4.98 Å². The standard InChI is InChI=1S/C17H18N6O/c18-17(24)23-9-2-1-6-14(23)11-4-3-5-12-15(11)22-16(21-12)13-10-19-7-8-20-13/h3-5,7-8,10,14H,1-2,6,9H2,(H2,18,24)(H,21,22). The fourth-order valence-electron chi connectivity index (χ4n) is 3.38. The van der Waals surface area contributed by atoms with Gasteiger partial charge in [-0.25, -0.2) is 14.8 Å². The number of primary amides is 1. The van der Waals surface area contributed by atoms with E-state index in [0.29, 0.717) is 18.1 Å². The van der Waals surface area contributed by atoms with Gasteiger partial charge in [0.1, 0.15) is 5.69 Å². The van der Waals surface area contributed by atoms with E-state index in [9.17, 15) is 4.79 Å². The molecule has 1 aliphatic rings. The maximum absolute atomic E-state index is 11.8. The van der Waals surface area contributed by atoms with Crippen LogP contribution in [0.2, 0.25) is 0 Å². The largest absolute Gasteiger partial charge is 0.351 e. The Morgan fingerprint density at radius 3 is 3.00 bits per heavy atom. The van der Waals surface area contributed by atoms with Crippen LogP contribution in [0.25, 0.3) is 22.6 Å². The first-order valence-electron chi connectivity index (χ1n) is 8.05. The number of hydrogen-bond donors (Lipinski definition) is 2. The van der Waals surface area contributed by atoms with E-state index in [4.69, 9.17) is 10.7 Å². The predicted octanol–water partition coefficient (Wildman–Crippen LogP) is 2.63. The summed E-state index contributed by atoms with van der Waals surface area (Å²) in [5, 5.41) is 0. The number of aromatic nitrogens is 4. The van der Waals surface area contributed by atoms with E-state index in [0.717, 1.165) is 35.9 Å². The highest BCUT2D eigenvalue weighted by molar-refractivity contribution is 5.83. The Hall–Kier alpha value is -2.96. The van der Waals surface area contributed by atoms with Gasteiger partial charge in [0.25, 0.3) is 0 Å². The number of amides is 2. The van der Waals surface area contributed by atoms with Crippen LogP contribution in [0.3, 0.4) is 0 Å². The number of H-pyrrole nitrogens is 1. The van der Waals surface area contributed by atoms with Gasteiger partial charge in [0.15, 0.2) is 5.82 Å². The minimum atomic E-state index is -0.374. The average Bonchev–Trinajstić information content (AvgIpc) is 3.06. The van der Waals surface area contributed by atoms with Crippen molar-refractivity contribution in [2.75, 3.05) is 6.54 Å². The summed E-state index contributed by atoms with van der Waals surface area (Å²) in [5.41, 5.74) is 9.07. The Morgan fingerprint density at radius 1 is 1.29 bits per heavy atom. The second-order valence-electron chi connectivity index (χ2n) is 5.96. The average molecular weight is 322 g/mol. The molecule has 24 heavy (non-hydrogen) atoms. The lowest BCUT2D eigenvalue weighted by Gasteiger charge is -2.34. The second-order valence-corrected chi connectivity index (χ2v) is 5.96. The molecule has 1 unspecified atom stereocenters. The van der Waals surface area contributed by atoms with Crippen molar-refractivity contribution in [1.29, 1.82) is 0 Å². The molecular formula is C17H18N6O. The summed E-state index contributed by atoms with van der Waals surface area (Å²) in [4.78, 5) is 29.9. The van der Waals surface area contributed by atoms with E-state index in [2.05, 4.69) is 15.0 Å². The molecule has 7 heteroatoms. The monoisotopic (exact) mass is 322 g/mol. The molecule has 1 atom stereocenters. The van der Waals surface area contributed by atoms with Crippen molar-refractivity contribution >= 4 is 17.1 Å². The van der Waals surface area contributed by atoms with Gasteiger partial charge in [0.2, 0.25) is 0 Å². The molecule has 3 N–H and O–H groups in total. The van der Waals surface area contributed by atoms with Gasteiger partial charge in [0, 0.05) is 24.5 Å². The van der Waals surface area contributed by atoms with Crippen molar-refractivity contribution in [3.8, 4) is 11.5 Å². The topological polar surface area (TPSA) is 101 Å². The fraction of sp³-hybridized carbons (Fsp3) is 0.294.